The summed E-state index contributed by atoms with van der Waals surface area (Å²) in [5, 5.41) is 2.48. The Morgan fingerprint density at radius 3 is 2.56 bits per heavy atom. The van der Waals surface area contributed by atoms with Crippen LogP contribution in [0.3, 0.4) is 0 Å². The summed E-state index contributed by atoms with van der Waals surface area (Å²) in [4.78, 5) is 31.1. The van der Waals surface area contributed by atoms with Gasteiger partial charge in [-0.15, -0.1) is 11.8 Å². The van der Waals surface area contributed by atoms with Gasteiger partial charge in [0.15, 0.2) is 0 Å². The van der Waals surface area contributed by atoms with Gasteiger partial charge in [-0.1, -0.05) is 6.07 Å². The van der Waals surface area contributed by atoms with Crippen LogP contribution >= 0.6 is 11.8 Å². The van der Waals surface area contributed by atoms with E-state index in [4.69, 9.17) is 4.74 Å². The molecule has 0 saturated heterocycles. The van der Waals surface area contributed by atoms with Crippen LogP contribution in [0.4, 0.5) is 5.69 Å². The van der Waals surface area contributed by atoms with Crippen LogP contribution in [0.25, 0.3) is 0 Å². The summed E-state index contributed by atoms with van der Waals surface area (Å²) in [6, 6.07) is 13.1. The number of carbonyl (C=O) groups excluding carboxylic acids is 2. The fourth-order valence-corrected chi connectivity index (χ4v) is 3.44. The van der Waals surface area contributed by atoms with Crippen molar-refractivity contribution in [3.63, 3.8) is 0 Å². The number of ether oxygens (including phenoxy) is 1. The molecule has 0 bridgehead atoms. The minimum absolute atomic E-state index is 0.0358. The lowest BCUT2D eigenvalue weighted by molar-refractivity contribution is -0.131. The van der Waals surface area contributed by atoms with Gasteiger partial charge in [-0.3, -0.25) is 14.6 Å². The molecule has 27 heavy (non-hydrogen) atoms. The molecule has 144 valence electrons. The van der Waals surface area contributed by atoms with Crippen molar-refractivity contribution in [1.29, 1.82) is 0 Å². The zero-order chi connectivity index (χ0) is 19.6. The Hall–Kier alpha value is -2.38. The number of rotatable bonds is 9. The molecular formula is C20H25N3O3S. The monoisotopic (exact) mass is 387 g/mol. The maximum Gasteiger partial charge on any atom is 0.236 e. The molecule has 1 atom stereocenters. The first-order chi connectivity index (χ1) is 13.0. The minimum atomic E-state index is -0.253. The molecule has 1 N–H and O–H groups in total. The molecule has 0 spiro atoms. The molecule has 2 amide bonds. The summed E-state index contributed by atoms with van der Waals surface area (Å²) in [7, 11) is 1.62. The topological polar surface area (TPSA) is 71.5 Å². The molecule has 1 heterocycles. The van der Waals surface area contributed by atoms with Crippen molar-refractivity contribution in [1.82, 2.24) is 9.88 Å². The summed E-state index contributed by atoms with van der Waals surface area (Å²) in [6.07, 6.45) is 1.73. The average Bonchev–Trinajstić information content (AvgIpc) is 2.66. The van der Waals surface area contributed by atoms with Crippen molar-refractivity contribution in [3.8, 4) is 0 Å². The third-order valence-electron chi connectivity index (χ3n) is 3.79. The average molecular weight is 388 g/mol. The van der Waals surface area contributed by atoms with Gasteiger partial charge in [0, 0.05) is 37.4 Å². The van der Waals surface area contributed by atoms with Gasteiger partial charge < -0.3 is 15.0 Å². The molecule has 1 aromatic heterocycles. The largest absolute Gasteiger partial charge is 0.383 e. The van der Waals surface area contributed by atoms with E-state index in [2.05, 4.69) is 10.3 Å². The number of thioether (sulfide) groups is 1. The Morgan fingerprint density at radius 1 is 1.22 bits per heavy atom. The van der Waals surface area contributed by atoms with Gasteiger partial charge in [-0.05, 0) is 43.3 Å². The van der Waals surface area contributed by atoms with E-state index in [1.54, 1.807) is 18.2 Å². The quantitative estimate of drug-likeness (QED) is 0.669. The van der Waals surface area contributed by atoms with Crippen molar-refractivity contribution >= 4 is 29.3 Å². The lowest BCUT2D eigenvalue weighted by Crippen LogP contribution is -2.38. The molecule has 6 nitrogen and oxygen atoms in total. The number of nitrogens with zero attached hydrogens (tertiary/aromatic N) is 2. The Labute approximate surface area is 164 Å². The second kappa shape index (κ2) is 10.7. The van der Waals surface area contributed by atoms with Crippen LogP contribution in [-0.4, -0.2) is 47.2 Å². The van der Waals surface area contributed by atoms with Crippen LogP contribution in [0, 0.1) is 0 Å². The maximum absolute atomic E-state index is 12.9. The zero-order valence-corrected chi connectivity index (χ0v) is 16.7. The molecule has 0 aliphatic rings. The maximum atomic E-state index is 12.9. The Morgan fingerprint density at radius 2 is 1.96 bits per heavy atom. The summed E-state index contributed by atoms with van der Waals surface area (Å²) < 4.78 is 5.15. The van der Waals surface area contributed by atoms with Gasteiger partial charge in [0.2, 0.25) is 11.8 Å². The molecular weight excluding hydrogens is 362 g/mol. The Kier molecular flexibility index (Phi) is 8.29. The number of hydrogen-bond acceptors (Lipinski definition) is 5. The number of carbonyl (C=O) groups is 2. The van der Waals surface area contributed by atoms with Crippen molar-refractivity contribution in [2.75, 3.05) is 25.6 Å². The number of aromatic nitrogens is 1. The smallest absolute Gasteiger partial charge is 0.236 e. The highest BCUT2D eigenvalue weighted by molar-refractivity contribution is 8.00. The predicted octanol–water partition coefficient (Wildman–Crippen LogP) is 3.20. The zero-order valence-electron chi connectivity index (χ0n) is 15.8. The lowest BCUT2D eigenvalue weighted by Gasteiger charge is -2.25. The highest BCUT2D eigenvalue weighted by atomic mass is 32.2. The summed E-state index contributed by atoms with van der Waals surface area (Å²) in [6.45, 7) is 4.81. The molecule has 2 aromatic rings. The van der Waals surface area contributed by atoms with E-state index in [0.29, 0.717) is 19.7 Å². The van der Waals surface area contributed by atoms with Gasteiger partial charge in [0.05, 0.1) is 24.1 Å². The number of benzene rings is 1. The van der Waals surface area contributed by atoms with E-state index in [1.165, 1.54) is 18.7 Å². The Bertz CT molecular complexity index is 738. The second-order valence-electron chi connectivity index (χ2n) is 6.04. The molecule has 0 radical (unpaired) electrons. The van der Waals surface area contributed by atoms with Gasteiger partial charge >= 0.3 is 0 Å². The summed E-state index contributed by atoms with van der Waals surface area (Å²) >= 11 is 1.49. The highest BCUT2D eigenvalue weighted by Crippen LogP contribution is 2.26. The third-order valence-corrected chi connectivity index (χ3v) is 4.89. The second-order valence-corrected chi connectivity index (χ2v) is 7.45. The first-order valence-corrected chi connectivity index (χ1v) is 9.59. The van der Waals surface area contributed by atoms with Crippen LogP contribution < -0.4 is 5.32 Å². The molecule has 1 unspecified atom stereocenters. The van der Waals surface area contributed by atoms with Gasteiger partial charge in [0.25, 0.3) is 0 Å². The summed E-state index contributed by atoms with van der Waals surface area (Å²) in [5.74, 6) is -0.0732. The summed E-state index contributed by atoms with van der Waals surface area (Å²) in [5.41, 5.74) is 1.58. The van der Waals surface area contributed by atoms with Gasteiger partial charge in [-0.2, -0.15) is 0 Å². The van der Waals surface area contributed by atoms with E-state index in [1.807, 2.05) is 49.4 Å². The molecule has 0 aliphatic carbocycles. The fourth-order valence-electron chi connectivity index (χ4n) is 2.49. The van der Waals surface area contributed by atoms with Gasteiger partial charge in [-0.25, -0.2) is 0 Å². The number of nitrogens with one attached hydrogen (secondary N) is 1. The van der Waals surface area contributed by atoms with Crippen molar-refractivity contribution in [2.24, 2.45) is 0 Å². The van der Waals surface area contributed by atoms with Crippen LogP contribution in [0.5, 0.6) is 0 Å². The molecule has 0 aliphatic heterocycles. The van der Waals surface area contributed by atoms with Crippen molar-refractivity contribution < 1.29 is 14.3 Å². The molecule has 0 fully saturated rings. The van der Waals surface area contributed by atoms with Crippen molar-refractivity contribution in [3.05, 3.63) is 54.4 Å². The SMILES string of the molecule is COCCN(Cc1ccccn1)C(=O)C(C)Sc1ccc(NC(C)=O)cc1. The molecule has 7 heteroatoms. The van der Waals surface area contributed by atoms with Crippen molar-refractivity contribution in [2.45, 2.75) is 30.5 Å². The number of anilines is 1. The van der Waals surface area contributed by atoms with Crippen LogP contribution in [0.15, 0.2) is 53.6 Å². The van der Waals surface area contributed by atoms with Crippen LogP contribution in [0.1, 0.15) is 19.5 Å². The van der Waals surface area contributed by atoms with Gasteiger partial charge in [0.1, 0.15) is 0 Å². The highest BCUT2D eigenvalue weighted by Gasteiger charge is 2.22. The molecule has 1 aromatic carbocycles. The number of methoxy groups -OCH3 is 1. The number of pyridine rings is 1. The Balaban J connectivity index is 2.01. The van der Waals surface area contributed by atoms with E-state index < -0.39 is 0 Å². The lowest BCUT2D eigenvalue weighted by atomic mass is 10.3. The molecule has 2 rings (SSSR count). The van der Waals surface area contributed by atoms with E-state index in [9.17, 15) is 9.59 Å². The van der Waals surface area contributed by atoms with E-state index in [-0.39, 0.29) is 17.1 Å². The molecule has 0 saturated carbocycles. The van der Waals surface area contributed by atoms with Crippen LogP contribution in [0.2, 0.25) is 0 Å². The van der Waals surface area contributed by atoms with E-state index in [0.717, 1.165) is 16.3 Å². The van der Waals surface area contributed by atoms with E-state index >= 15 is 0 Å². The predicted molar refractivity (Wildman–Crippen MR) is 108 cm³/mol. The minimum Gasteiger partial charge on any atom is -0.383 e. The third kappa shape index (κ3) is 7.03. The number of amides is 2. The number of hydrogen-bond donors (Lipinski definition) is 1. The standard InChI is InChI=1S/C20H25N3O3S/c1-15(27-19-9-7-17(8-10-19)22-16(2)24)20(25)23(12-13-26-3)14-18-6-4-5-11-21-18/h4-11,15H,12-14H2,1-3H3,(H,22,24). The fraction of sp³-hybridized carbons (Fsp3) is 0.350. The first kappa shape index (κ1) is 20.9. The first-order valence-electron chi connectivity index (χ1n) is 8.71. The normalized spacial score (nSPS) is 11.7. The van der Waals surface area contributed by atoms with Crippen LogP contribution in [-0.2, 0) is 20.9 Å².